The largest absolute Gasteiger partial charge is 0.463 e. The van der Waals surface area contributed by atoms with Crippen molar-refractivity contribution in [2.75, 3.05) is 32.8 Å². The summed E-state index contributed by atoms with van der Waals surface area (Å²) in [6.45, 7) is 12.1. The second-order valence-corrected chi connectivity index (χ2v) is 5.24. The van der Waals surface area contributed by atoms with Crippen LogP contribution >= 0.6 is 0 Å². The van der Waals surface area contributed by atoms with Crippen molar-refractivity contribution in [3.63, 3.8) is 0 Å². The van der Waals surface area contributed by atoms with Crippen molar-refractivity contribution in [1.29, 1.82) is 0 Å². The Morgan fingerprint density at radius 3 is 2.95 bits per heavy atom. The maximum atomic E-state index is 11.3. The van der Waals surface area contributed by atoms with Crippen molar-refractivity contribution in [2.45, 2.75) is 45.6 Å². The van der Waals surface area contributed by atoms with Crippen LogP contribution < -0.4 is 5.32 Å². The second-order valence-electron chi connectivity index (χ2n) is 5.24. The van der Waals surface area contributed by atoms with Crippen molar-refractivity contribution < 1.29 is 9.53 Å². The van der Waals surface area contributed by atoms with Crippen LogP contribution in [0.15, 0.2) is 12.2 Å². The Balaban J connectivity index is 2.04. The first-order chi connectivity index (χ1) is 9.15. The molecule has 1 aliphatic rings. The highest BCUT2D eigenvalue weighted by molar-refractivity contribution is 5.88. The van der Waals surface area contributed by atoms with Gasteiger partial charge in [-0.15, -0.1) is 0 Å². The zero-order valence-corrected chi connectivity index (χ0v) is 12.4. The van der Waals surface area contributed by atoms with Gasteiger partial charge >= 0.3 is 5.97 Å². The van der Waals surface area contributed by atoms with Gasteiger partial charge < -0.3 is 15.0 Å². The molecule has 1 rings (SSSR count). The number of carbonyl (C=O) groups is 1. The molecule has 0 amide bonds. The summed E-state index contributed by atoms with van der Waals surface area (Å²) >= 11 is 0. The number of esters is 1. The predicted molar refractivity (Wildman–Crippen MR) is 78.1 cm³/mol. The Hall–Kier alpha value is -0.870. The van der Waals surface area contributed by atoms with Crippen LogP contribution in [0.5, 0.6) is 0 Å². The van der Waals surface area contributed by atoms with Crippen molar-refractivity contribution in [2.24, 2.45) is 0 Å². The van der Waals surface area contributed by atoms with Crippen LogP contribution in [-0.4, -0.2) is 49.7 Å². The third-order valence-corrected chi connectivity index (χ3v) is 3.64. The van der Waals surface area contributed by atoms with Gasteiger partial charge in [0.1, 0.15) is 0 Å². The fourth-order valence-corrected chi connectivity index (χ4v) is 2.44. The van der Waals surface area contributed by atoms with Gasteiger partial charge in [0, 0.05) is 18.2 Å². The summed E-state index contributed by atoms with van der Waals surface area (Å²) in [5.74, 6) is -0.292. The molecule has 1 atom stereocenters. The Morgan fingerprint density at radius 1 is 1.47 bits per heavy atom. The van der Waals surface area contributed by atoms with Crippen LogP contribution in [-0.2, 0) is 9.53 Å². The Kier molecular flexibility index (Phi) is 7.75. The van der Waals surface area contributed by atoms with E-state index in [9.17, 15) is 4.79 Å². The van der Waals surface area contributed by atoms with Crippen LogP contribution in [0.1, 0.15) is 39.5 Å². The SMILES string of the molecule is C=C(CNCCCN1CCCCC1C)C(=O)OCC. The van der Waals surface area contributed by atoms with Crippen molar-refractivity contribution in [1.82, 2.24) is 10.2 Å². The van der Waals surface area contributed by atoms with Gasteiger partial charge in [-0.3, -0.25) is 0 Å². The van der Waals surface area contributed by atoms with E-state index in [0.717, 1.165) is 25.6 Å². The van der Waals surface area contributed by atoms with E-state index in [1.165, 1.54) is 25.8 Å². The monoisotopic (exact) mass is 268 g/mol. The number of carbonyl (C=O) groups excluding carboxylic acids is 1. The molecule has 0 radical (unpaired) electrons. The number of piperidine rings is 1. The fourth-order valence-electron chi connectivity index (χ4n) is 2.44. The minimum atomic E-state index is -0.292. The van der Waals surface area contributed by atoms with Gasteiger partial charge in [0.15, 0.2) is 0 Å². The van der Waals surface area contributed by atoms with Gasteiger partial charge in [-0.05, 0) is 52.7 Å². The zero-order chi connectivity index (χ0) is 14.1. The minimum absolute atomic E-state index is 0.292. The topological polar surface area (TPSA) is 41.6 Å². The third-order valence-electron chi connectivity index (χ3n) is 3.64. The van der Waals surface area contributed by atoms with E-state index in [4.69, 9.17) is 4.74 Å². The normalized spacial score (nSPS) is 20.2. The molecule has 1 N–H and O–H groups in total. The first kappa shape index (κ1) is 16.2. The van der Waals surface area contributed by atoms with Gasteiger partial charge in [0.05, 0.1) is 6.61 Å². The number of hydrogen-bond acceptors (Lipinski definition) is 4. The summed E-state index contributed by atoms with van der Waals surface area (Å²) in [5, 5.41) is 3.25. The zero-order valence-electron chi connectivity index (χ0n) is 12.4. The smallest absolute Gasteiger partial charge is 0.334 e. The van der Waals surface area contributed by atoms with Gasteiger partial charge in [0.2, 0.25) is 0 Å². The second kappa shape index (κ2) is 9.10. The Morgan fingerprint density at radius 2 is 2.26 bits per heavy atom. The summed E-state index contributed by atoms with van der Waals surface area (Å²) in [6, 6.07) is 0.725. The fraction of sp³-hybridized carbons (Fsp3) is 0.800. The lowest BCUT2D eigenvalue weighted by Gasteiger charge is -2.33. The average molecular weight is 268 g/mol. The van der Waals surface area contributed by atoms with E-state index >= 15 is 0 Å². The molecule has 1 heterocycles. The van der Waals surface area contributed by atoms with Crippen LogP contribution in [0, 0.1) is 0 Å². The Labute approximate surface area is 117 Å². The summed E-state index contributed by atoms with van der Waals surface area (Å²) in [4.78, 5) is 13.9. The molecule has 0 saturated carbocycles. The molecule has 1 saturated heterocycles. The van der Waals surface area contributed by atoms with E-state index in [-0.39, 0.29) is 5.97 Å². The molecule has 4 heteroatoms. The number of nitrogens with one attached hydrogen (secondary N) is 1. The van der Waals surface area contributed by atoms with Crippen LogP contribution in [0.3, 0.4) is 0 Å². The molecule has 0 aromatic heterocycles. The van der Waals surface area contributed by atoms with Gasteiger partial charge in [0.25, 0.3) is 0 Å². The summed E-state index contributed by atoms with van der Waals surface area (Å²) in [7, 11) is 0. The molecule has 4 nitrogen and oxygen atoms in total. The molecule has 0 aromatic carbocycles. The molecule has 0 spiro atoms. The summed E-state index contributed by atoms with van der Waals surface area (Å²) < 4.78 is 4.88. The number of hydrogen-bond donors (Lipinski definition) is 1. The molecule has 1 aliphatic heterocycles. The van der Waals surface area contributed by atoms with Gasteiger partial charge in [-0.2, -0.15) is 0 Å². The third kappa shape index (κ3) is 6.21. The lowest BCUT2D eigenvalue weighted by atomic mass is 10.0. The molecule has 1 unspecified atom stereocenters. The predicted octanol–water partition coefficient (Wildman–Crippen LogP) is 1.96. The van der Waals surface area contributed by atoms with Gasteiger partial charge in [-0.25, -0.2) is 4.79 Å². The number of nitrogens with zero attached hydrogens (tertiary/aromatic N) is 1. The molecule has 110 valence electrons. The first-order valence-electron chi connectivity index (χ1n) is 7.44. The lowest BCUT2D eigenvalue weighted by molar-refractivity contribution is -0.138. The molecule has 0 bridgehead atoms. The van der Waals surface area contributed by atoms with E-state index in [1.54, 1.807) is 6.92 Å². The van der Waals surface area contributed by atoms with Crippen molar-refractivity contribution in [3.8, 4) is 0 Å². The van der Waals surface area contributed by atoms with Crippen LogP contribution in [0.4, 0.5) is 0 Å². The van der Waals surface area contributed by atoms with Crippen molar-refractivity contribution >= 4 is 5.97 Å². The van der Waals surface area contributed by atoms with E-state index < -0.39 is 0 Å². The molecule has 0 aromatic rings. The minimum Gasteiger partial charge on any atom is -0.463 e. The highest BCUT2D eigenvalue weighted by atomic mass is 16.5. The maximum absolute atomic E-state index is 11.3. The number of rotatable bonds is 8. The van der Waals surface area contributed by atoms with Crippen molar-refractivity contribution in [3.05, 3.63) is 12.2 Å². The average Bonchev–Trinajstić information content (AvgIpc) is 2.40. The summed E-state index contributed by atoms with van der Waals surface area (Å²) in [6.07, 6.45) is 5.14. The highest BCUT2D eigenvalue weighted by Gasteiger charge is 2.17. The highest BCUT2D eigenvalue weighted by Crippen LogP contribution is 2.15. The molecular weight excluding hydrogens is 240 g/mol. The van der Waals surface area contributed by atoms with E-state index in [2.05, 4.69) is 23.7 Å². The number of likely N-dealkylation sites (tertiary alicyclic amines) is 1. The maximum Gasteiger partial charge on any atom is 0.334 e. The molecule has 19 heavy (non-hydrogen) atoms. The number of ether oxygens (including phenoxy) is 1. The summed E-state index contributed by atoms with van der Waals surface area (Å²) in [5.41, 5.74) is 0.508. The van der Waals surface area contributed by atoms with E-state index in [1.807, 2.05) is 0 Å². The molecular formula is C15H28N2O2. The van der Waals surface area contributed by atoms with Crippen LogP contribution in [0.25, 0.3) is 0 Å². The van der Waals surface area contributed by atoms with Gasteiger partial charge in [-0.1, -0.05) is 13.0 Å². The molecule has 1 fully saturated rings. The quantitative estimate of drug-likeness (QED) is 0.415. The molecule has 0 aliphatic carbocycles. The standard InChI is InChI=1S/C15H28N2O2/c1-4-19-15(18)13(2)12-16-9-7-11-17-10-6-5-8-14(17)3/h14,16H,2,4-12H2,1,3H3. The Bertz CT molecular complexity index is 292. The van der Waals surface area contributed by atoms with Crippen LogP contribution in [0.2, 0.25) is 0 Å². The van der Waals surface area contributed by atoms with E-state index in [0.29, 0.717) is 18.7 Å². The first-order valence-corrected chi connectivity index (χ1v) is 7.44. The lowest BCUT2D eigenvalue weighted by Crippen LogP contribution is -2.39.